The van der Waals surface area contributed by atoms with Gasteiger partial charge in [0.15, 0.2) is 0 Å². The molecule has 1 spiro atoms. The van der Waals surface area contributed by atoms with Crippen LogP contribution >= 0.6 is 0 Å². The van der Waals surface area contributed by atoms with Crippen LogP contribution in [0.5, 0.6) is 0 Å². The van der Waals surface area contributed by atoms with Crippen molar-refractivity contribution < 1.29 is 31.2 Å². The van der Waals surface area contributed by atoms with Gasteiger partial charge in [-0.2, -0.15) is 17.5 Å². The van der Waals surface area contributed by atoms with E-state index in [-0.39, 0.29) is 56.0 Å². The molecule has 12 heteroatoms. The van der Waals surface area contributed by atoms with Crippen LogP contribution in [0, 0.1) is 25.7 Å². The minimum absolute atomic E-state index is 0.0123. The van der Waals surface area contributed by atoms with E-state index in [0.717, 1.165) is 22.4 Å². The van der Waals surface area contributed by atoms with Crippen molar-refractivity contribution in [1.82, 2.24) is 9.62 Å². The van der Waals surface area contributed by atoms with Gasteiger partial charge >= 0.3 is 6.18 Å². The lowest BCUT2D eigenvalue weighted by Crippen LogP contribution is -2.50. The molecule has 1 N–H and O–H groups in total. The predicted octanol–water partition coefficient (Wildman–Crippen LogP) is 5.10. The minimum Gasteiger partial charge on any atom is -0.316 e. The van der Waals surface area contributed by atoms with E-state index >= 15 is 0 Å². The Kier molecular flexibility index (Phi) is 9.04. The van der Waals surface area contributed by atoms with Crippen molar-refractivity contribution in [2.45, 2.75) is 83.9 Å². The minimum atomic E-state index is -4.14. The second kappa shape index (κ2) is 11.9. The topological polar surface area (TPSA) is 99.2 Å². The third-order valence-corrected chi connectivity index (χ3v) is 10.4. The highest BCUT2D eigenvalue weighted by molar-refractivity contribution is 7.92. The van der Waals surface area contributed by atoms with Crippen molar-refractivity contribution in [2.75, 3.05) is 25.0 Å². The molecule has 2 aliphatic heterocycles. The fourth-order valence-corrected chi connectivity index (χ4v) is 7.28. The summed E-state index contributed by atoms with van der Waals surface area (Å²) >= 11 is 0. The maximum absolute atomic E-state index is 13.2. The molecule has 41 heavy (non-hydrogen) atoms. The molecule has 0 atom stereocenters. The van der Waals surface area contributed by atoms with Gasteiger partial charge in [-0.25, -0.2) is 8.42 Å². The first kappa shape index (κ1) is 31.2. The summed E-state index contributed by atoms with van der Waals surface area (Å²) in [7, 11) is -2.06. The summed E-state index contributed by atoms with van der Waals surface area (Å²) in [5.74, 6) is 0.329. The quantitative estimate of drug-likeness (QED) is 0.474. The van der Waals surface area contributed by atoms with E-state index in [1.165, 1.54) is 21.5 Å². The van der Waals surface area contributed by atoms with Gasteiger partial charge in [-0.15, -0.1) is 0 Å². The number of carbonyl (C=O) groups is 2. The van der Waals surface area contributed by atoms with Crippen molar-refractivity contribution in [2.24, 2.45) is 16.8 Å². The van der Waals surface area contributed by atoms with Crippen molar-refractivity contribution in [3.63, 3.8) is 0 Å². The van der Waals surface area contributed by atoms with Gasteiger partial charge in [-0.05, 0) is 99.6 Å². The highest BCUT2D eigenvalue weighted by atomic mass is 32.2. The van der Waals surface area contributed by atoms with Gasteiger partial charge in [0, 0.05) is 50.5 Å². The number of hydrogen-bond donors (Lipinski definition) is 1. The first-order valence-corrected chi connectivity index (χ1v) is 15.6. The molecule has 2 fully saturated rings. The Morgan fingerprint density at radius 1 is 1.15 bits per heavy atom. The SMILES string of the molecule is CC(=O)N(C)c1cc(C)c(C=CS(=O)(=O)N2CCC3(CC2)N=C(C2CCC(CCC(F)(F)F)CC2)NC3=O)c(C)c1. The smallest absolute Gasteiger partial charge is 0.316 e. The fourth-order valence-electron chi connectivity index (χ4n) is 6.11. The van der Waals surface area contributed by atoms with Gasteiger partial charge in [-0.3, -0.25) is 14.6 Å². The summed E-state index contributed by atoms with van der Waals surface area (Å²) < 4.78 is 65.4. The third kappa shape index (κ3) is 7.20. The first-order chi connectivity index (χ1) is 19.1. The van der Waals surface area contributed by atoms with Crippen LogP contribution in [0.4, 0.5) is 18.9 Å². The Labute approximate surface area is 240 Å². The molecular weight excluding hydrogens is 557 g/mol. The number of amidine groups is 1. The lowest BCUT2D eigenvalue weighted by Gasteiger charge is -2.34. The van der Waals surface area contributed by atoms with E-state index in [1.807, 2.05) is 26.0 Å². The number of benzene rings is 1. The van der Waals surface area contributed by atoms with Crippen LogP contribution in [0.2, 0.25) is 0 Å². The Bertz CT molecular complexity index is 1320. The standard InChI is InChI=1S/C29H39F3N4O4S/c1-19-17-24(35(4)21(3)37)18-20(2)25(19)10-16-41(39,40)36-14-12-28(13-15-36)27(38)33-26(34-28)23-7-5-22(6-8-23)9-11-29(30,31)32/h10,16-18,22-23H,5-9,11-15H2,1-4H3,(H,33,34,38). The molecule has 2 heterocycles. The van der Waals surface area contributed by atoms with Gasteiger partial charge in [-0.1, -0.05) is 0 Å². The number of aliphatic imine (C=N–C) groups is 1. The van der Waals surface area contributed by atoms with E-state index in [2.05, 4.69) is 5.32 Å². The molecule has 1 aromatic carbocycles. The highest BCUT2D eigenvalue weighted by Gasteiger charge is 2.48. The summed E-state index contributed by atoms with van der Waals surface area (Å²) in [6.45, 7) is 5.52. The maximum Gasteiger partial charge on any atom is 0.389 e. The average molecular weight is 597 g/mol. The molecule has 8 nitrogen and oxygen atoms in total. The lowest BCUT2D eigenvalue weighted by molar-refractivity contribution is -0.138. The van der Waals surface area contributed by atoms with E-state index in [9.17, 15) is 31.2 Å². The van der Waals surface area contributed by atoms with Crippen molar-refractivity contribution in [1.29, 1.82) is 0 Å². The Morgan fingerprint density at radius 2 is 1.73 bits per heavy atom. The van der Waals surface area contributed by atoms with Crippen LogP contribution in [-0.4, -0.2) is 62.2 Å². The first-order valence-electron chi connectivity index (χ1n) is 14.1. The van der Waals surface area contributed by atoms with Crippen LogP contribution in [0.15, 0.2) is 22.5 Å². The van der Waals surface area contributed by atoms with Gasteiger partial charge in [0.2, 0.25) is 15.9 Å². The number of rotatable bonds is 7. The van der Waals surface area contributed by atoms with Crippen molar-refractivity contribution in [3.8, 4) is 0 Å². The van der Waals surface area contributed by atoms with E-state index in [4.69, 9.17) is 4.99 Å². The van der Waals surface area contributed by atoms with Gasteiger partial charge in [0.1, 0.15) is 11.4 Å². The summed E-state index contributed by atoms with van der Waals surface area (Å²) in [6.07, 6.45) is 0.0737. The number of nitrogens with zero attached hydrogens (tertiary/aromatic N) is 3. The van der Waals surface area contributed by atoms with Gasteiger partial charge < -0.3 is 10.2 Å². The normalized spacial score (nSPS) is 23.6. The predicted molar refractivity (Wildman–Crippen MR) is 153 cm³/mol. The Balaban J connectivity index is 1.37. The molecule has 1 saturated heterocycles. The molecule has 1 saturated carbocycles. The number of nitrogens with one attached hydrogen (secondary N) is 1. The Hall–Kier alpha value is -2.73. The maximum atomic E-state index is 13.2. The molecule has 3 aliphatic rings. The summed E-state index contributed by atoms with van der Waals surface area (Å²) in [5, 5.41) is 4.10. The summed E-state index contributed by atoms with van der Waals surface area (Å²) in [4.78, 5) is 31.0. The molecule has 226 valence electrons. The molecule has 0 radical (unpaired) electrons. The zero-order chi connectivity index (χ0) is 30.2. The highest BCUT2D eigenvalue weighted by Crippen LogP contribution is 2.38. The number of sulfonamides is 1. The second-order valence-electron chi connectivity index (χ2n) is 11.7. The molecule has 4 rings (SSSR count). The number of alkyl halides is 3. The molecular formula is C29H39F3N4O4S. The fraction of sp³-hybridized carbons (Fsp3) is 0.621. The van der Waals surface area contributed by atoms with Crippen molar-refractivity contribution >= 4 is 39.4 Å². The zero-order valence-electron chi connectivity index (χ0n) is 24.1. The average Bonchev–Trinajstić information content (AvgIpc) is 3.21. The largest absolute Gasteiger partial charge is 0.389 e. The van der Waals surface area contributed by atoms with E-state index in [1.54, 1.807) is 13.1 Å². The van der Waals surface area contributed by atoms with Crippen molar-refractivity contribution in [3.05, 3.63) is 34.2 Å². The number of aryl methyl sites for hydroxylation is 2. The monoisotopic (exact) mass is 596 g/mol. The number of carbonyl (C=O) groups excluding carboxylic acids is 2. The number of amides is 2. The molecule has 1 aliphatic carbocycles. The van der Waals surface area contributed by atoms with Gasteiger partial charge in [0.25, 0.3) is 5.91 Å². The number of halogens is 3. The number of hydrogen-bond acceptors (Lipinski definition) is 5. The summed E-state index contributed by atoms with van der Waals surface area (Å²) in [6, 6.07) is 3.68. The molecule has 2 amide bonds. The van der Waals surface area contributed by atoms with Crippen LogP contribution in [0.25, 0.3) is 6.08 Å². The van der Waals surface area contributed by atoms with Crippen LogP contribution in [-0.2, 0) is 19.6 Å². The molecule has 1 aromatic rings. The Morgan fingerprint density at radius 3 is 2.27 bits per heavy atom. The van der Waals surface area contributed by atoms with Crippen LogP contribution in [0.1, 0.15) is 75.0 Å². The third-order valence-electron chi connectivity index (χ3n) is 8.82. The van der Waals surface area contributed by atoms with Gasteiger partial charge in [0.05, 0.1) is 0 Å². The zero-order valence-corrected chi connectivity index (χ0v) is 24.9. The summed E-state index contributed by atoms with van der Waals surface area (Å²) in [5.41, 5.74) is 2.19. The lowest BCUT2D eigenvalue weighted by atomic mass is 9.79. The number of piperidine rings is 1. The number of anilines is 1. The second-order valence-corrected chi connectivity index (χ2v) is 13.5. The molecule has 0 aromatic heterocycles. The molecule has 0 bridgehead atoms. The van der Waals surface area contributed by atoms with Crippen LogP contribution < -0.4 is 10.2 Å². The van der Waals surface area contributed by atoms with E-state index < -0.39 is 28.2 Å². The van der Waals surface area contributed by atoms with Crippen LogP contribution in [0.3, 0.4) is 0 Å². The van der Waals surface area contributed by atoms with E-state index in [0.29, 0.717) is 31.5 Å². The molecule has 0 unspecified atom stereocenters.